The maximum absolute atomic E-state index is 5.98. The van der Waals surface area contributed by atoms with Gasteiger partial charge in [-0.2, -0.15) is 0 Å². The average Bonchev–Trinajstić information content (AvgIpc) is 2.98. The molecule has 0 radical (unpaired) electrons. The quantitative estimate of drug-likeness (QED) is 0.761. The van der Waals surface area contributed by atoms with Gasteiger partial charge in [-0.05, 0) is 48.9 Å². The van der Waals surface area contributed by atoms with Crippen LogP contribution in [0.25, 0.3) is 10.9 Å². The summed E-state index contributed by atoms with van der Waals surface area (Å²) in [5, 5.41) is 2.15. The standard InChI is InChI=1S/C20H22ClN3/c1-15-2-7-20-19(12-15)16(13-22-20)14-23-8-10-24(11-9-23)18-5-3-17(21)4-6-18/h2-7,12-13,22H,8-11,14H2,1H3. The molecule has 4 rings (SSSR count). The molecular formula is C20H22ClN3. The lowest BCUT2D eigenvalue weighted by molar-refractivity contribution is 0.250. The van der Waals surface area contributed by atoms with E-state index < -0.39 is 0 Å². The summed E-state index contributed by atoms with van der Waals surface area (Å²) >= 11 is 5.98. The van der Waals surface area contributed by atoms with Gasteiger partial charge in [-0.1, -0.05) is 23.2 Å². The molecule has 3 nitrogen and oxygen atoms in total. The molecule has 0 saturated carbocycles. The van der Waals surface area contributed by atoms with Gasteiger partial charge in [0.2, 0.25) is 0 Å². The average molecular weight is 340 g/mol. The first-order valence-corrected chi connectivity index (χ1v) is 8.86. The lowest BCUT2D eigenvalue weighted by Gasteiger charge is -2.36. The molecule has 0 unspecified atom stereocenters. The molecular weight excluding hydrogens is 318 g/mol. The van der Waals surface area contributed by atoms with Gasteiger partial charge in [0.25, 0.3) is 0 Å². The summed E-state index contributed by atoms with van der Waals surface area (Å²) < 4.78 is 0. The Balaban J connectivity index is 1.42. The molecule has 1 saturated heterocycles. The zero-order valence-corrected chi connectivity index (χ0v) is 14.7. The van der Waals surface area contributed by atoms with E-state index in [9.17, 15) is 0 Å². The third kappa shape index (κ3) is 3.14. The zero-order valence-electron chi connectivity index (χ0n) is 13.9. The molecule has 1 aliphatic rings. The van der Waals surface area contributed by atoms with Crippen molar-refractivity contribution in [1.82, 2.24) is 9.88 Å². The Morgan fingerprint density at radius 1 is 1.00 bits per heavy atom. The van der Waals surface area contributed by atoms with Gasteiger partial charge in [-0.25, -0.2) is 0 Å². The fourth-order valence-electron chi connectivity index (χ4n) is 3.48. The summed E-state index contributed by atoms with van der Waals surface area (Å²) in [4.78, 5) is 8.37. The molecule has 0 spiro atoms. The summed E-state index contributed by atoms with van der Waals surface area (Å²) in [6.07, 6.45) is 2.16. The predicted molar refractivity (Wildman–Crippen MR) is 102 cm³/mol. The maximum Gasteiger partial charge on any atom is 0.0457 e. The van der Waals surface area contributed by atoms with Crippen LogP contribution in [0.4, 0.5) is 5.69 Å². The van der Waals surface area contributed by atoms with E-state index >= 15 is 0 Å². The van der Waals surface area contributed by atoms with Crippen molar-refractivity contribution >= 4 is 28.2 Å². The van der Waals surface area contributed by atoms with Gasteiger partial charge in [0.1, 0.15) is 0 Å². The second-order valence-electron chi connectivity index (χ2n) is 6.60. The van der Waals surface area contributed by atoms with Crippen LogP contribution >= 0.6 is 11.6 Å². The van der Waals surface area contributed by atoms with Crippen molar-refractivity contribution in [3.05, 3.63) is 64.8 Å². The fourth-order valence-corrected chi connectivity index (χ4v) is 3.61. The highest BCUT2D eigenvalue weighted by molar-refractivity contribution is 6.30. The van der Waals surface area contributed by atoms with Gasteiger partial charge in [-0.3, -0.25) is 4.90 Å². The van der Waals surface area contributed by atoms with Gasteiger partial charge in [0.05, 0.1) is 0 Å². The third-order valence-corrected chi connectivity index (χ3v) is 5.13. The number of nitrogens with zero attached hydrogens (tertiary/aromatic N) is 2. The Hall–Kier alpha value is -1.97. The third-order valence-electron chi connectivity index (χ3n) is 4.88. The molecule has 1 aromatic heterocycles. The highest BCUT2D eigenvalue weighted by Gasteiger charge is 2.18. The number of halogens is 1. The SMILES string of the molecule is Cc1ccc2[nH]cc(CN3CCN(c4ccc(Cl)cc4)CC3)c2c1. The van der Waals surface area contributed by atoms with E-state index in [1.807, 2.05) is 12.1 Å². The number of hydrogen-bond acceptors (Lipinski definition) is 2. The smallest absolute Gasteiger partial charge is 0.0457 e. The van der Waals surface area contributed by atoms with Crippen LogP contribution in [-0.2, 0) is 6.54 Å². The van der Waals surface area contributed by atoms with E-state index in [1.54, 1.807) is 0 Å². The minimum absolute atomic E-state index is 0.798. The molecule has 1 aliphatic heterocycles. The van der Waals surface area contributed by atoms with E-state index in [0.29, 0.717) is 0 Å². The number of hydrogen-bond donors (Lipinski definition) is 1. The van der Waals surface area contributed by atoms with Gasteiger partial charge in [-0.15, -0.1) is 0 Å². The van der Waals surface area contributed by atoms with Crippen LogP contribution in [0.5, 0.6) is 0 Å². The second-order valence-corrected chi connectivity index (χ2v) is 7.04. The number of piperazine rings is 1. The lowest BCUT2D eigenvalue weighted by Crippen LogP contribution is -2.45. The van der Waals surface area contributed by atoms with E-state index in [2.05, 4.69) is 58.2 Å². The van der Waals surface area contributed by atoms with Gasteiger partial charge < -0.3 is 9.88 Å². The van der Waals surface area contributed by atoms with Gasteiger partial charge in [0, 0.05) is 60.5 Å². The fraction of sp³-hybridized carbons (Fsp3) is 0.300. The molecule has 0 atom stereocenters. The number of benzene rings is 2. The number of rotatable bonds is 3. The summed E-state index contributed by atoms with van der Waals surface area (Å²) in [6, 6.07) is 14.8. The van der Waals surface area contributed by atoms with E-state index in [4.69, 9.17) is 11.6 Å². The van der Waals surface area contributed by atoms with Crippen LogP contribution in [0.15, 0.2) is 48.7 Å². The van der Waals surface area contributed by atoms with Crippen molar-refractivity contribution in [3.63, 3.8) is 0 Å². The minimum atomic E-state index is 0.798. The van der Waals surface area contributed by atoms with Crippen LogP contribution in [-0.4, -0.2) is 36.1 Å². The topological polar surface area (TPSA) is 22.3 Å². The summed E-state index contributed by atoms with van der Waals surface area (Å²) in [5.41, 5.74) is 5.21. The normalized spacial score (nSPS) is 16.0. The number of aromatic amines is 1. The molecule has 2 heterocycles. The Kier molecular flexibility index (Phi) is 4.21. The number of anilines is 1. The molecule has 0 amide bonds. The summed E-state index contributed by atoms with van der Waals surface area (Å²) in [6.45, 7) is 7.45. The highest BCUT2D eigenvalue weighted by Crippen LogP contribution is 2.23. The lowest BCUT2D eigenvalue weighted by atomic mass is 10.1. The van der Waals surface area contributed by atoms with Crippen molar-refractivity contribution < 1.29 is 0 Å². The van der Waals surface area contributed by atoms with Crippen LogP contribution < -0.4 is 4.90 Å². The Labute approximate surface area is 147 Å². The van der Waals surface area contributed by atoms with Crippen LogP contribution in [0, 0.1) is 6.92 Å². The number of H-pyrrole nitrogens is 1. The predicted octanol–water partition coefficient (Wildman–Crippen LogP) is 4.45. The zero-order chi connectivity index (χ0) is 16.5. The van der Waals surface area contributed by atoms with Crippen LogP contribution in [0.2, 0.25) is 5.02 Å². The number of nitrogens with one attached hydrogen (secondary N) is 1. The number of aromatic nitrogens is 1. The largest absolute Gasteiger partial charge is 0.369 e. The Morgan fingerprint density at radius 2 is 1.75 bits per heavy atom. The number of fused-ring (bicyclic) bond motifs is 1. The van der Waals surface area contributed by atoms with Crippen LogP contribution in [0.1, 0.15) is 11.1 Å². The molecule has 1 N–H and O–H groups in total. The first kappa shape index (κ1) is 15.6. The summed E-state index contributed by atoms with van der Waals surface area (Å²) in [7, 11) is 0. The van der Waals surface area contributed by atoms with E-state index in [1.165, 1.54) is 27.7 Å². The molecule has 0 aliphatic carbocycles. The molecule has 2 aromatic carbocycles. The van der Waals surface area contributed by atoms with Crippen molar-refractivity contribution in [2.45, 2.75) is 13.5 Å². The van der Waals surface area contributed by atoms with Crippen molar-refractivity contribution in [1.29, 1.82) is 0 Å². The maximum atomic E-state index is 5.98. The molecule has 4 heteroatoms. The van der Waals surface area contributed by atoms with Crippen molar-refractivity contribution in [2.24, 2.45) is 0 Å². The second kappa shape index (κ2) is 6.50. The van der Waals surface area contributed by atoms with E-state index in [0.717, 1.165) is 37.7 Å². The monoisotopic (exact) mass is 339 g/mol. The highest BCUT2D eigenvalue weighted by atomic mass is 35.5. The van der Waals surface area contributed by atoms with Gasteiger partial charge >= 0.3 is 0 Å². The number of aryl methyl sites for hydroxylation is 1. The summed E-state index contributed by atoms with van der Waals surface area (Å²) in [5.74, 6) is 0. The molecule has 24 heavy (non-hydrogen) atoms. The first-order chi connectivity index (χ1) is 11.7. The molecule has 3 aromatic rings. The Morgan fingerprint density at radius 3 is 2.50 bits per heavy atom. The minimum Gasteiger partial charge on any atom is -0.369 e. The Bertz CT molecular complexity index is 830. The van der Waals surface area contributed by atoms with Crippen molar-refractivity contribution in [3.8, 4) is 0 Å². The molecule has 124 valence electrons. The molecule has 0 bridgehead atoms. The van der Waals surface area contributed by atoms with Crippen LogP contribution in [0.3, 0.4) is 0 Å². The van der Waals surface area contributed by atoms with E-state index in [-0.39, 0.29) is 0 Å². The van der Waals surface area contributed by atoms with Crippen molar-refractivity contribution in [2.75, 3.05) is 31.1 Å². The first-order valence-electron chi connectivity index (χ1n) is 8.48. The van der Waals surface area contributed by atoms with Gasteiger partial charge in [0.15, 0.2) is 0 Å². The molecule has 1 fully saturated rings.